The van der Waals surface area contributed by atoms with Gasteiger partial charge in [-0.2, -0.15) is 0 Å². The topological polar surface area (TPSA) is 105 Å². The van der Waals surface area contributed by atoms with Gasteiger partial charge in [0, 0.05) is 6.42 Å². The minimum Gasteiger partial charge on any atom is -0.387 e. The average molecular weight is 744 g/mol. The number of aliphatic hydroxyl groups is 1. The lowest BCUT2D eigenvalue weighted by molar-refractivity contribution is -0.870. The highest BCUT2D eigenvalue weighted by atomic mass is 31.2. The minimum atomic E-state index is -4.31. The quantitative estimate of drug-likeness (QED) is 0.0252. The smallest absolute Gasteiger partial charge is 0.387 e. The summed E-state index contributed by atoms with van der Waals surface area (Å²) in [7, 11) is 1.55. The molecular formula is C42H84N2O6P+. The van der Waals surface area contributed by atoms with E-state index in [2.05, 4.69) is 24.4 Å². The molecule has 0 radical (unpaired) electrons. The zero-order valence-corrected chi connectivity index (χ0v) is 35.0. The summed E-state index contributed by atoms with van der Waals surface area (Å²) in [6.45, 7) is 4.43. The van der Waals surface area contributed by atoms with Crippen LogP contribution in [0.4, 0.5) is 0 Å². The van der Waals surface area contributed by atoms with E-state index >= 15 is 0 Å². The van der Waals surface area contributed by atoms with E-state index in [0.717, 1.165) is 19.3 Å². The van der Waals surface area contributed by atoms with Gasteiger partial charge in [-0.25, -0.2) is 4.57 Å². The van der Waals surface area contributed by atoms with Gasteiger partial charge in [-0.3, -0.25) is 13.8 Å². The van der Waals surface area contributed by atoms with Crippen molar-refractivity contribution in [3.63, 3.8) is 0 Å². The number of rotatable bonds is 38. The van der Waals surface area contributed by atoms with E-state index in [1.807, 2.05) is 34.1 Å². The van der Waals surface area contributed by atoms with Gasteiger partial charge in [0.05, 0.1) is 39.9 Å². The molecule has 0 aromatic rings. The lowest BCUT2D eigenvalue weighted by atomic mass is 10.0. The Balaban J connectivity index is 3.84. The van der Waals surface area contributed by atoms with Crippen LogP contribution in [0.1, 0.15) is 187 Å². The molecule has 0 aliphatic carbocycles. The van der Waals surface area contributed by atoms with Crippen molar-refractivity contribution in [3.05, 3.63) is 24.3 Å². The largest absolute Gasteiger partial charge is 0.472 e. The minimum absolute atomic E-state index is 0.0553. The number of unbranched alkanes of at least 4 members (excludes halogenated alkanes) is 23. The van der Waals surface area contributed by atoms with Crippen LogP contribution in [0.5, 0.6) is 0 Å². The molecule has 0 aliphatic rings. The highest BCUT2D eigenvalue weighted by Crippen LogP contribution is 2.43. The van der Waals surface area contributed by atoms with Gasteiger partial charge in [-0.05, 0) is 32.1 Å². The van der Waals surface area contributed by atoms with E-state index in [-0.39, 0.29) is 19.1 Å². The van der Waals surface area contributed by atoms with Crippen LogP contribution < -0.4 is 5.32 Å². The highest BCUT2D eigenvalue weighted by molar-refractivity contribution is 7.47. The molecule has 0 aromatic carbocycles. The molecule has 3 N–H and O–H groups in total. The van der Waals surface area contributed by atoms with Crippen molar-refractivity contribution in [2.75, 3.05) is 40.9 Å². The van der Waals surface area contributed by atoms with Crippen molar-refractivity contribution >= 4 is 13.7 Å². The molecule has 0 saturated carbocycles. The number of hydrogen-bond donors (Lipinski definition) is 3. The summed E-state index contributed by atoms with van der Waals surface area (Å²) in [6, 6.07) is -0.854. The van der Waals surface area contributed by atoms with Crippen LogP contribution in [0.25, 0.3) is 0 Å². The number of allylic oxidation sites excluding steroid dienone is 3. The fourth-order valence-electron chi connectivity index (χ4n) is 6.04. The van der Waals surface area contributed by atoms with Crippen LogP contribution in [0.3, 0.4) is 0 Å². The van der Waals surface area contributed by atoms with Crippen molar-refractivity contribution in [1.29, 1.82) is 0 Å². The molecule has 0 aromatic heterocycles. The number of hydrogen-bond acceptors (Lipinski definition) is 5. The maximum atomic E-state index is 12.3. The van der Waals surface area contributed by atoms with Gasteiger partial charge in [0.1, 0.15) is 13.2 Å². The maximum absolute atomic E-state index is 12.3. The van der Waals surface area contributed by atoms with Gasteiger partial charge in [-0.15, -0.1) is 0 Å². The summed E-state index contributed by atoms with van der Waals surface area (Å²) in [6.07, 6.45) is 41.5. The Kier molecular flexibility index (Phi) is 34.0. The second-order valence-electron chi connectivity index (χ2n) is 15.7. The van der Waals surface area contributed by atoms with Crippen LogP contribution in [0, 0.1) is 0 Å². The Morgan fingerprint density at radius 2 is 1.08 bits per heavy atom. The normalized spacial score (nSPS) is 14.7. The number of phosphoric acid groups is 1. The molecule has 3 atom stereocenters. The third-order valence-corrected chi connectivity index (χ3v) is 10.4. The van der Waals surface area contributed by atoms with Gasteiger partial charge in [0.15, 0.2) is 0 Å². The van der Waals surface area contributed by atoms with E-state index in [0.29, 0.717) is 23.9 Å². The van der Waals surface area contributed by atoms with Gasteiger partial charge >= 0.3 is 7.82 Å². The van der Waals surface area contributed by atoms with E-state index < -0.39 is 20.0 Å². The van der Waals surface area contributed by atoms with Gasteiger partial charge in [0.2, 0.25) is 5.91 Å². The highest BCUT2D eigenvalue weighted by Gasteiger charge is 2.27. The molecule has 0 saturated heterocycles. The van der Waals surface area contributed by atoms with Crippen molar-refractivity contribution in [3.8, 4) is 0 Å². The standard InChI is InChI=1S/C42H83N2O6P/c1-6-8-9-10-11-12-13-14-15-16-17-18-19-20-21-22-23-24-25-26-27-28-29-30-31-32-33-34-36-41(45)40(43-42(46)35-7-2)39-50-51(47,48)49-38-37-44(3,4)5/h30-31,34,36,40-41,45H,6-29,32-33,35,37-39H2,1-5H3,(H-,43,46,47,48)/p+1/b31-30+,36-34+. The fourth-order valence-corrected chi connectivity index (χ4v) is 6.78. The molecule has 0 bridgehead atoms. The monoisotopic (exact) mass is 744 g/mol. The predicted octanol–water partition coefficient (Wildman–Crippen LogP) is 11.4. The first kappa shape index (κ1) is 50.0. The first-order chi connectivity index (χ1) is 24.5. The van der Waals surface area contributed by atoms with Crippen LogP contribution in [-0.2, 0) is 18.4 Å². The number of nitrogens with zero attached hydrogens (tertiary/aromatic N) is 1. The molecule has 8 nitrogen and oxygen atoms in total. The molecule has 302 valence electrons. The lowest BCUT2D eigenvalue weighted by Gasteiger charge is -2.25. The summed E-state index contributed by atoms with van der Waals surface area (Å²) >= 11 is 0. The SMILES string of the molecule is CCCCCCCCCCCCCCCCCCCCCCCC/C=C/CC/C=C/C(O)C(COP(=O)(O)OCC[N+](C)(C)C)NC(=O)CCC. The van der Waals surface area contributed by atoms with Crippen molar-refractivity contribution in [1.82, 2.24) is 5.32 Å². The summed E-state index contributed by atoms with van der Waals surface area (Å²) in [5.41, 5.74) is 0. The number of quaternary nitrogens is 1. The van der Waals surface area contributed by atoms with Gasteiger partial charge in [-0.1, -0.05) is 173 Å². The average Bonchev–Trinajstić information content (AvgIpc) is 3.07. The number of carbonyl (C=O) groups is 1. The summed E-state index contributed by atoms with van der Waals surface area (Å²) < 4.78 is 23.1. The second kappa shape index (κ2) is 34.7. The van der Waals surface area contributed by atoms with Crippen LogP contribution >= 0.6 is 7.82 Å². The van der Waals surface area contributed by atoms with E-state index in [1.165, 1.54) is 141 Å². The molecule has 0 rings (SSSR count). The van der Waals surface area contributed by atoms with Crippen molar-refractivity contribution in [2.24, 2.45) is 0 Å². The lowest BCUT2D eigenvalue weighted by Crippen LogP contribution is -2.45. The zero-order chi connectivity index (χ0) is 37.9. The molecule has 3 unspecified atom stereocenters. The van der Waals surface area contributed by atoms with Crippen LogP contribution in [0.15, 0.2) is 24.3 Å². The number of phosphoric ester groups is 1. The van der Waals surface area contributed by atoms with E-state index in [4.69, 9.17) is 9.05 Å². The Hall–Kier alpha value is -1.02. The molecule has 1 amide bonds. The molecule has 51 heavy (non-hydrogen) atoms. The molecule has 0 aliphatic heterocycles. The molecular weight excluding hydrogens is 659 g/mol. The van der Waals surface area contributed by atoms with Gasteiger partial charge in [0.25, 0.3) is 0 Å². The Morgan fingerprint density at radius 1 is 0.647 bits per heavy atom. The van der Waals surface area contributed by atoms with Crippen LogP contribution in [-0.4, -0.2) is 73.4 Å². The first-order valence-corrected chi connectivity index (χ1v) is 22.7. The van der Waals surface area contributed by atoms with Crippen molar-refractivity contribution < 1.29 is 32.9 Å². The number of carbonyl (C=O) groups excluding carboxylic acids is 1. The summed E-state index contributed by atoms with van der Waals surface area (Å²) in [5, 5.41) is 13.4. The summed E-state index contributed by atoms with van der Waals surface area (Å²) in [4.78, 5) is 22.2. The number of amides is 1. The predicted molar refractivity (Wildman–Crippen MR) is 217 cm³/mol. The van der Waals surface area contributed by atoms with E-state index in [9.17, 15) is 19.4 Å². The Labute approximate surface area is 315 Å². The molecule has 9 heteroatoms. The van der Waals surface area contributed by atoms with Gasteiger partial charge < -0.3 is 19.8 Å². The zero-order valence-electron chi connectivity index (χ0n) is 34.1. The molecule has 0 spiro atoms. The summed E-state index contributed by atoms with van der Waals surface area (Å²) in [5.74, 6) is -0.240. The van der Waals surface area contributed by atoms with Crippen LogP contribution in [0.2, 0.25) is 0 Å². The number of likely N-dealkylation sites (N-methyl/N-ethyl adjacent to an activating group) is 1. The fraction of sp³-hybridized carbons (Fsp3) is 0.881. The maximum Gasteiger partial charge on any atom is 0.472 e. The number of nitrogens with one attached hydrogen (secondary N) is 1. The molecule has 0 heterocycles. The third-order valence-electron chi connectivity index (χ3n) is 9.39. The Morgan fingerprint density at radius 3 is 1.53 bits per heavy atom. The third kappa shape index (κ3) is 37.1. The van der Waals surface area contributed by atoms with E-state index in [1.54, 1.807) is 6.08 Å². The Bertz CT molecular complexity index is 891. The van der Waals surface area contributed by atoms with Crippen molar-refractivity contribution in [2.45, 2.75) is 199 Å². The number of aliphatic hydroxyl groups excluding tert-OH is 1. The second-order valence-corrected chi connectivity index (χ2v) is 17.2. The molecule has 0 fully saturated rings. The first-order valence-electron chi connectivity index (χ1n) is 21.2.